The lowest BCUT2D eigenvalue weighted by atomic mass is 10.2. The standard InChI is InChI=1S/C24H31FN6O2/c1-3-11-26-22-17(15-29-24(31-22)30-19-10-7-9-18(25)13-19)8-5-4-6-12-27-23(32)21-14-20(33-2)16-28-21/h7,9-10,13,15,20-21,28H,3-4,6,11-12,14,16H2,1-2H3,(H,27,32)(H2,26,29,30,31)/t20-,21-/m0/s1. The molecule has 1 amide bonds. The summed E-state index contributed by atoms with van der Waals surface area (Å²) < 4.78 is 18.7. The van der Waals surface area contributed by atoms with E-state index >= 15 is 0 Å². The summed E-state index contributed by atoms with van der Waals surface area (Å²) in [7, 11) is 1.66. The highest BCUT2D eigenvalue weighted by atomic mass is 19.1. The summed E-state index contributed by atoms with van der Waals surface area (Å²) in [6.45, 7) is 4.08. The van der Waals surface area contributed by atoms with Gasteiger partial charge in [0.05, 0.1) is 23.9 Å². The molecular formula is C24H31FN6O2. The van der Waals surface area contributed by atoms with Gasteiger partial charge in [-0.25, -0.2) is 9.37 Å². The average Bonchev–Trinajstić information content (AvgIpc) is 3.30. The summed E-state index contributed by atoms with van der Waals surface area (Å²) >= 11 is 0. The smallest absolute Gasteiger partial charge is 0.237 e. The monoisotopic (exact) mass is 454 g/mol. The number of rotatable bonds is 10. The number of nitrogens with zero attached hydrogens (tertiary/aromatic N) is 2. The van der Waals surface area contributed by atoms with Crippen LogP contribution in [0.25, 0.3) is 0 Å². The lowest BCUT2D eigenvalue weighted by Gasteiger charge is -2.10. The summed E-state index contributed by atoms with van der Waals surface area (Å²) in [6, 6.07) is 5.94. The Bertz CT molecular complexity index is 990. The van der Waals surface area contributed by atoms with E-state index in [0.717, 1.165) is 19.4 Å². The van der Waals surface area contributed by atoms with Gasteiger partial charge in [-0.2, -0.15) is 4.98 Å². The van der Waals surface area contributed by atoms with E-state index in [-0.39, 0.29) is 23.9 Å². The summed E-state index contributed by atoms with van der Waals surface area (Å²) in [6.07, 6.45) is 4.76. The number of hydrogen-bond acceptors (Lipinski definition) is 7. The maximum absolute atomic E-state index is 13.4. The van der Waals surface area contributed by atoms with E-state index in [2.05, 4.69) is 50.0 Å². The van der Waals surface area contributed by atoms with Crippen LogP contribution in [0.5, 0.6) is 0 Å². The van der Waals surface area contributed by atoms with E-state index in [0.29, 0.717) is 48.9 Å². The first kappa shape index (κ1) is 24.4. The largest absolute Gasteiger partial charge is 0.380 e. The van der Waals surface area contributed by atoms with Gasteiger partial charge < -0.3 is 26.0 Å². The van der Waals surface area contributed by atoms with E-state index in [4.69, 9.17) is 4.74 Å². The molecule has 0 aliphatic carbocycles. The van der Waals surface area contributed by atoms with Crippen LogP contribution in [-0.2, 0) is 9.53 Å². The molecule has 1 saturated heterocycles. The molecule has 0 saturated carbocycles. The highest BCUT2D eigenvalue weighted by Crippen LogP contribution is 2.18. The molecule has 8 nitrogen and oxygen atoms in total. The van der Waals surface area contributed by atoms with Gasteiger partial charge in [0.25, 0.3) is 0 Å². The minimum atomic E-state index is -0.332. The third kappa shape index (κ3) is 7.70. The summed E-state index contributed by atoms with van der Waals surface area (Å²) in [5.74, 6) is 6.91. The normalized spacial score (nSPS) is 17.2. The van der Waals surface area contributed by atoms with Crippen LogP contribution in [0.3, 0.4) is 0 Å². The minimum Gasteiger partial charge on any atom is -0.380 e. The van der Waals surface area contributed by atoms with E-state index in [1.165, 1.54) is 12.1 Å². The molecule has 1 fully saturated rings. The van der Waals surface area contributed by atoms with Crippen molar-refractivity contribution in [3.05, 3.63) is 41.8 Å². The molecule has 1 aliphatic rings. The molecule has 1 aliphatic heterocycles. The Morgan fingerprint density at radius 3 is 3.00 bits per heavy atom. The van der Waals surface area contributed by atoms with Crippen LogP contribution >= 0.6 is 0 Å². The van der Waals surface area contributed by atoms with E-state index in [1.54, 1.807) is 25.4 Å². The summed E-state index contributed by atoms with van der Waals surface area (Å²) in [5, 5.41) is 12.4. The van der Waals surface area contributed by atoms with E-state index in [1.807, 2.05) is 0 Å². The molecule has 3 rings (SSSR count). The number of nitrogens with one attached hydrogen (secondary N) is 4. The fraction of sp³-hybridized carbons (Fsp3) is 0.458. The molecule has 0 spiro atoms. The Labute approximate surface area is 194 Å². The number of anilines is 3. The number of halogens is 1. The maximum Gasteiger partial charge on any atom is 0.237 e. The number of hydrogen-bond donors (Lipinski definition) is 4. The fourth-order valence-corrected chi connectivity index (χ4v) is 3.36. The quantitative estimate of drug-likeness (QED) is 0.324. The molecule has 0 unspecified atom stereocenters. The van der Waals surface area contributed by atoms with Gasteiger partial charge >= 0.3 is 0 Å². The molecule has 1 aromatic carbocycles. The molecule has 4 N–H and O–H groups in total. The second-order valence-corrected chi connectivity index (χ2v) is 7.77. The van der Waals surface area contributed by atoms with E-state index in [9.17, 15) is 9.18 Å². The van der Waals surface area contributed by atoms with Crippen molar-refractivity contribution < 1.29 is 13.9 Å². The number of amides is 1. The topological polar surface area (TPSA) is 100 Å². The zero-order valence-electron chi connectivity index (χ0n) is 19.1. The van der Waals surface area contributed by atoms with Gasteiger partial charge in [-0.1, -0.05) is 24.8 Å². The van der Waals surface area contributed by atoms with Crippen LogP contribution in [0.2, 0.25) is 0 Å². The van der Waals surface area contributed by atoms with Crippen molar-refractivity contribution in [2.24, 2.45) is 0 Å². The molecule has 9 heteroatoms. The van der Waals surface area contributed by atoms with Crippen molar-refractivity contribution in [2.75, 3.05) is 37.4 Å². The average molecular weight is 455 g/mol. The zero-order valence-corrected chi connectivity index (χ0v) is 19.1. The molecular weight excluding hydrogens is 423 g/mol. The first-order chi connectivity index (χ1) is 16.1. The number of aromatic nitrogens is 2. The Morgan fingerprint density at radius 2 is 2.24 bits per heavy atom. The lowest BCUT2D eigenvalue weighted by molar-refractivity contribution is -0.122. The first-order valence-corrected chi connectivity index (χ1v) is 11.2. The van der Waals surface area contributed by atoms with Crippen LogP contribution in [0.15, 0.2) is 30.5 Å². The number of methoxy groups -OCH3 is 1. The van der Waals surface area contributed by atoms with Crippen molar-refractivity contribution in [3.8, 4) is 11.8 Å². The Morgan fingerprint density at radius 1 is 1.36 bits per heavy atom. The van der Waals surface area contributed by atoms with Gasteiger partial charge in [-0.05, 0) is 37.5 Å². The molecule has 33 heavy (non-hydrogen) atoms. The first-order valence-electron chi connectivity index (χ1n) is 11.2. The van der Waals surface area contributed by atoms with E-state index < -0.39 is 0 Å². The van der Waals surface area contributed by atoms with Crippen LogP contribution in [0.1, 0.15) is 38.2 Å². The Kier molecular flexibility index (Phi) is 9.42. The molecule has 0 radical (unpaired) electrons. The number of unbranched alkanes of at least 4 members (excludes halogenated alkanes) is 1. The molecule has 2 aromatic rings. The van der Waals surface area contributed by atoms with Gasteiger partial charge in [0, 0.05) is 38.9 Å². The number of ether oxygens (including phenoxy) is 1. The van der Waals surface area contributed by atoms with Gasteiger partial charge in [0.2, 0.25) is 11.9 Å². The molecule has 1 aromatic heterocycles. The summed E-state index contributed by atoms with van der Waals surface area (Å²) in [5.41, 5.74) is 1.26. The second-order valence-electron chi connectivity index (χ2n) is 7.77. The van der Waals surface area contributed by atoms with Crippen molar-refractivity contribution in [1.82, 2.24) is 20.6 Å². The van der Waals surface area contributed by atoms with Crippen molar-refractivity contribution in [1.29, 1.82) is 0 Å². The van der Waals surface area contributed by atoms with Gasteiger partial charge in [0.15, 0.2) is 0 Å². The van der Waals surface area contributed by atoms with Crippen LogP contribution in [0, 0.1) is 17.7 Å². The van der Waals surface area contributed by atoms with Gasteiger partial charge in [0.1, 0.15) is 11.6 Å². The highest BCUT2D eigenvalue weighted by Gasteiger charge is 2.28. The minimum absolute atomic E-state index is 0.00310. The van der Waals surface area contributed by atoms with Crippen LogP contribution < -0.4 is 21.3 Å². The van der Waals surface area contributed by atoms with Gasteiger partial charge in [-0.15, -0.1) is 0 Å². The third-order valence-corrected chi connectivity index (χ3v) is 5.15. The summed E-state index contributed by atoms with van der Waals surface area (Å²) in [4.78, 5) is 21.0. The number of benzene rings is 1. The van der Waals surface area contributed by atoms with Gasteiger partial charge in [-0.3, -0.25) is 4.79 Å². The molecule has 2 atom stereocenters. The van der Waals surface area contributed by atoms with Crippen LogP contribution in [0.4, 0.5) is 21.8 Å². The maximum atomic E-state index is 13.4. The Hall–Kier alpha value is -3.22. The predicted octanol–water partition coefficient (Wildman–Crippen LogP) is 2.81. The zero-order chi connectivity index (χ0) is 23.5. The fourth-order valence-electron chi connectivity index (χ4n) is 3.36. The van der Waals surface area contributed by atoms with Crippen molar-refractivity contribution in [2.45, 2.75) is 44.8 Å². The van der Waals surface area contributed by atoms with Crippen molar-refractivity contribution >= 4 is 23.4 Å². The lowest BCUT2D eigenvalue weighted by Crippen LogP contribution is -2.40. The molecule has 2 heterocycles. The van der Waals surface area contributed by atoms with Crippen LogP contribution in [-0.4, -0.2) is 54.8 Å². The second kappa shape index (κ2) is 12.7. The highest BCUT2D eigenvalue weighted by molar-refractivity contribution is 5.82. The van der Waals surface area contributed by atoms with Crippen molar-refractivity contribution in [3.63, 3.8) is 0 Å². The molecule has 0 bridgehead atoms. The Balaban J connectivity index is 1.51. The predicted molar refractivity (Wildman–Crippen MR) is 127 cm³/mol. The SMILES string of the molecule is CCCNc1nc(Nc2cccc(F)c2)ncc1C#CCCCNC(=O)[C@@H]1C[C@H](OC)CN1. The molecule has 176 valence electrons. The third-order valence-electron chi connectivity index (χ3n) is 5.15. The number of carbonyl (C=O) groups is 1. The number of carbonyl (C=O) groups excluding carboxylic acids is 1.